The van der Waals surface area contributed by atoms with Gasteiger partial charge in [0.1, 0.15) is 0 Å². The quantitative estimate of drug-likeness (QED) is 0.473. The minimum Gasteiger partial charge on any atom is -0.449 e. The Morgan fingerprint density at radius 1 is 1.21 bits per heavy atom. The molecule has 24 heavy (non-hydrogen) atoms. The number of ether oxygens (including phenoxy) is 1. The van der Waals surface area contributed by atoms with E-state index in [1.165, 1.54) is 30.9 Å². The van der Waals surface area contributed by atoms with Crippen molar-refractivity contribution in [1.82, 2.24) is 9.13 Å². The molecule has 1 heterocycles. The van der Waals surface area contributed by atoms with E-state index < -0.39 is 17.2 Å². The van der Waals surface area contributed by atoms with E-state index in [0.717, 1.165) is 16.2 Å². The molecule has 0 amide bonds. The molecule has 0 aliphatic rings. The molecule has 0 spiro atoms. The molecule has 0 saturated carbocycles. The highest BCUT2D eigenvalue weighted by Crippen LogP contribution is 1.95. The highest BCUT2D eigenvalue weighted by molar-refractivity contribution is 5.87. The number of aryl methyl sites for hydroxylation is 1. The Morgan fingerprint density at radius 2 is 1.92 bits per heavy atom. The van der Waals surface area contributed by atoms with Gasteiger partial charge >= 0.3 is 11.7 Å². The first-order valence-corrected chi connectivity index (χ1v) is 7.14. The Balaban J connectivity index is 1.98. The molecule has 0 fully saturated rings. The van der Waals surface area contributed by atoms with Crippen LogP contribution in [0.25, 0.3) is 6.08 Å². The summed E-state index contributed by atoms with van der Waals surface area (Å²) in [5.74, 6) is 4.97. The van der Waals surface area contributed by atoms with Crippen molar-refractivity contribution in [3.05, 3.63) is 74.6 Å². The van der Waals surface area contributed by atoms with E-state index >= 15 is 0 Å². The molecule has 0 saturated heterocycles. The summed E-state index contributed by atoms with van der Waals surface area (Å²) in [5, 5.41) is 0. The maximum atomic E-state index is 11.9. The van der Waals surface area contributed by atoms with Gasteiger partial charge in [0.15, 0.2) is 6.61 Å². The van der Waals surface area contributed by atoms with Crippen molar-refractivity contribution in [2.75, 3.05) is 6.61 Å². The molecule has 0 aliphatic heterocycles. The van der Waals surface area contributed by atoms with Crippen molar-refractivity contribution in [3.8, 4) is 11.8 Å². The van der Waals surface area contributed by atoms with Gasteiger partial charge in [0, 0.05) is 31.9 Å². The number of carbonyl (C=O) groups excluding carboxylic acids is 1. The van der Waals surface area contributed by atoms with E-state index in [1.54, 1.807) is 0 Å². The van der Waals surface area contributed by atoms with Gasteiger partial charge in [0.25, 0.3) is 5.56 Å². The van der Waals surface area contributed by atoms with Crippen LogP contribution in [0.1, 0.15) is 11.1 Å². The smallest absolute Gasteiger partial charge is 0.331 e. The zero-order valence-electron chi connectivity index (χ0n) is 13.4. The summed E-state index contributed by atoms with van der Waals surface area (Å²) >= 11 is 0. The Morgan fingerprint density at radius 3 is 2.62 bits per heavy atom. The van der Waals surface area contributed by atoms with E-state index in [4.69, 9.17) is 4.74 Å². The zero-order valence-corrected chi connectivity index (χ0v) is 13.4. The number of carbonyl (C=O) groups is 1. The van der Waals surface area contributed by atoms with Gasteiger partial charge in [-0.1, -0.05) is 30.0 Å². The average Bonchev–Trinajstić information content (AvgIpc) is 2.59. The predicted molar refractivity (Wildman–Crippen MR) is 90.2 cm³/mol. The first-order valence-electron chi connectivity index (χ1n) is 7.14. The van der Waals surface area contributed by atoms with Crippen LogP contribution in [0.5, 0.6) is 0 Å². The molecule has 122 valence electrons. The fourth-order valence-corrected chi connectivity index (χ4v) is 1.92. The fourth-order valence-electron chi connectivity index (χ4n) is 1.92. The van der Waals surface area contributed by atoms with Crippen LogP contribution in [0.3, 0.4) is 0 Å². The van der Waals surface area contributed by atoms with Crippen molar-refractivity contribution >= 4 is 12.0 Å². The summed E-state index contributed by atoms with van der Waals surface area (Å²) in [6, 6.07) is 9.33. The lowest BCUT2D eigenvalue weighted by molar-refractivity contribution is -0.136. The third kappa shape index (κ3) is 4.34. The number of rotatable bonds is 3. The van der Waals surface area contributed by atoms with Gasteiger partial charge in [-0.3, -0.25) is 9.36 Å². The molecule has 2 rings (SSSR count). The molecular weight excluding hydrogens is 308 g/mol. The summed E-state index contributed by atoms with van der Waals surface area (Å²) < 4.78 is 7.16. The fraction of sp³-hybridized carbons (Fsp3) is 0.167. The lowest BCUT2D eigenvalue weighted by atomic mass is 10.2. The van der Waals surface area contributed by atoms with Gasteiger partial charge in [-0.15, -0.1) is 0 Å². The Bertz CT molecular complexity index is 941. The average molecular weight is 324 g/mol. The number of esters is 1. The molecule has 0 N–H and O–H groups in total. The van der Waals surface area contributed by atoms with Crippen LogP contribution in [-0.2, 0) is 23.6 Å². The van der Waals surface area contributed by atoms with E-state index in [1.807, 2.05) is 30.3 Å². The van der Waals surface area contributed by atoms with Crippen molar-refractivity contribution in [1.29, 1.82) is 0 Å². The van der Waals surface area contributed by atoms with Crippen molar-refractivity contribution < 1.29 is 9.53 Å². The Labute approximate surface area is 138 Å². The van der Waals surface area contributed by atoms with E-state index in [9.17, 15) is 14.4 Å². The number of hydrogen-bond donors (Lipinski definition) is 0. The zero-order chi connectivity index (χ0) is 17.5. The summed E-state index contributed by atoms with van der Waals surface area (Å²) in [7, 11) is 2.90. The molecule has 2 aromatic rings. The highest BCUT2D eigenvalue weighted by atomic mass is 16.5. The predicted octanol–water partition coefficient (Wildman–Crippen LogP) is 0.692. The standard InChI is InChI=1S/C18H16N2O4/c1-19-13-15(17(22)20(2)18(19)23)10-11-16(21)24-12-6-9-14-7-4-3-5-8-14/h3-5,7-8,10-11,13H,12H2,1-2H3. The third-order valence-electron chi connectivity index (χ3n) is 3.17. The first kappa shape index (κ1) is 17.0. The summed E-state index contributed by atoms with van der Waals surface area (Å²) in [6.07, 6.45) is 3.81. The van der Waals surface area contributed by atoms with Crippen LogP contribution in [0, 0.1) is 11.8 Å². The molecule has 6 nitrogen and oxygen atoms in total. The summed E-state index contributed by atoms with van der Waals surface area (Å²) in [5.41, 5.74) is 0.131. The van der Waals surface area contributed by atoms with Crippen LogP contribution in [0.4, 0.5) is 0 Å². The van der Waals surface area contributed by atoms with Crippen LogP contribution in [0.15, 0.2) is 52.2 Å². The number of nitrogens with zero attached hydrogens (tertiary/aromatic N) is 2. The summed E-state index contributed by atoms with van der Waals surface area (Å²) in [6.45, 7) is -0.0522. The molecule has 0 aliphatic carbocycles. The van der Waals surface area contributed by atoms with Gasteiger partial charge in [-0.2, -0.15) is 0 Å². The molecule has 0 atom stereocenters. The van der Waals surface area contributed by atoms with E-state index in [-0.39, 0.29) is 12.2 Å². The van der Waals surface area contributed by atoms with Crippen molar-refractivity contribution in [3.63, 3.8) is 0 Å². The van der Waals surface area contributed by atoms with Gasteiger partial charge in [0.2, 0.25) is 0 Å². The van der Waals surface area contributed by atoms with Crippen molar-refractivity contribution in [2.45, 2.75) is 0 Å². The topological polar surface area (TPSA) is 70.3 Å². The number of aromatic nitrogens is 2. The molecule has 1 aromatic carbocycles. The highest BCUT2D eigenvalue weighted by Gasteiger charge is 2.04. The lowest BCUT2D eigenvalue weighted by Gasteiger charge is -2.03. The van der Waals surface area contributed by atoms with Gasteiger partial charge in [-0.05, 0) is 18.2 Å². The monoisotopic (exact) mass is 324 g/mol. The molecule has 6 heteroatoms. The van der Waals surface area contributed by atoms with Crippen LogP contribution in [0.2, 0.25) is 0 Å². The van der Waals surface area contributed by atoms with Crippen LogP contribution in [-0.4, -0.2) is 21.7 Å². The molecule has 0 bridgehead atoms. The van der Waals surface area contributed by atoms with Gasteiger partial charge in [0.05, 0.1) is 5.56 Å². The van der Waals surface area contributed by atoms with E-state index in [0.29, 0.717) is 0 Å². The number of hydrogen-bond acceptors (Lipinski definition) is 4. The minimum atomic E-state index is -0.617. The molecular formula is C18H16N2O4. The maximum Gasteiger partial charge on any atom is 0.331 e. The maximum absolute atomic E-state index is 11.9. The second-order valence-corrected chi connectivity index (χ2v) is 4.95. The second-order valence-electron chi connectivity index (χ2n) is 4.95. The second kappa shape index (κ2) is 7.79. The van der Waals surface area contributed by atoms with Crippen LogP contribution >= 0.6 is 0 Å². The summed E-state index contributed by atoms with van der Waals surface area (Å²) in [4.78, 5) is 35.1. The molecule has 1 aromatic heterocycles. The van der Waals surface area contributed by atoms with E-state index in [2.05, 4.69) is 11.8 Å². The molecule has 0 unspecified atom stereocenters. The Hall–Kier alpha value is -3.33. The van der Waals surface area contributed by atoms with Crippen LogP contribution < -0.4 is 11.2 Å². The Kier molecular flexibility index (Phi) is 5.53. The van der Waals surface area contributed by atoms with Gasteiger partial charge in [-0.25, -0.2) is 9.59 Å². The normalized spacial score (nSPS) is 10.2. The minimum absolute atomic E-state index is 0.0522. The first-order chi connectivity index (χ1) is 11.5. The largest absolute Gasteiger partial charge is 0.449 e. The molecule has 0 radical (unpaired) electrons. The number of benzene rings is 1. The van der Waals surface area contributed by atoms with Gasteiger partial charge < -0.3 is 9.30 Å². The third-order valence-corrected chi connectivity index (χ3v) is 3.17. The van der Waals surface area contributed by atoms with Crippen molar-refractivity contribution in [2.24, 2.45) is 14.1 Å². The lowest BCUT2D eigenvalue weighted by Crippen LogP contribution is -2.37. The SMILES string of the molecule is Cn1cc(C=CC(=O)OCC#Cc2ccccc2)c(=O)n(C)c1=O.